The molecule has 0 saturated carbocycles. The van der Waals surface area contributed by atoms with Crippen LogP contribution in [0.2, 0.25) is 5.02 Å². The molecule has 4 nitrogen and oxygen atoms in total. The lowest BCUT2D eigenvalue weighted by Crippen LogP contribution is -2.14. The maximum absolute atomic E-state index is 13.0. The summed E-state index contributed by atoms with van der Waals surface area (Å²) in [6.45, 7) is 2.03. The van der Waals surface area contributed by atoms with Gasteiger partial charge in [-0.25, -0.2) is 4.98 Å². The van der Waals surface area contributed by atoms with Gasteiger partial charge < -0.3 is 5.32 Å². The number of halogens is 1. The minimum atomic E-state index is -0.174. The number of carbonyl (C=O) groups is 1. The lowest BCUT2D eigenvalue weighted by molar-refractivity contribution is -0.113. The summed E-state index contributed by atoms with van der Waals surface area (Å²) >= 11 is 7.77. The van der Waals surface area contributed by atoms with E-state index in [1.807, 2.05) is 97.9 Å². The van der Waals surface area contributed by atoms with Crippen LogP contribution in [0, 0.1) is 18.3 Å². The number of hydrogen-bond donors (Lipinski definition) is 1. The molecular formula is C31H22ClN3OS. The SMILES string of the molecule is Cc1ccc(-c2cc(-c3ccccc3Cl)c(C#N)c(SCC(=O)Nc3cccc4ccccc34)n2)cc1. The quantitative estimate of drug-likeness (QED) is 0.230. The highest BCUT2D eigenvalue weighted by Crippen LogP contribution is 2.37. The molecule has 0 spiro atoms. The van der Waals surface area contributed by atoms with Crippen molar-refractivity contribution in [3.63, 3.8) is 0 Å². The first-order valence-corrected chi connectivity index (χ1v) is 13.1. The smallest absolute Gasteiger partial charge is 0.234 e. The van der Waals surface area contributed by atoms with E-state index in [0.29, 0.717) is 26.9 Å². The number of pyridine rings is 1. The Hall–Kier alpha value is -4.11. The van der Waals surface area contributed by atoms with Crippen molar-refractivity contribution >= 4 is 45.7 Å². The Morgan fingerprint density at radius 1 is 0.946 bits per heavy atom. The predicted molar refractivity (Wildman–Crippen MR) is 153 cm³/mol. The molecule has 4 aromatic carbocycles. The van der Waals surface area contributed by atoms with Gasteiger partial charge in [0.15, 0.2) is 0 Å². The number of anilines is 1. The lowest BCUT2D eigenvalue weighted by atomic mass is 9.99. The second-order valence-corrected chi connectivity index (χ2v) is 9.93. The summed E-state index contributed by atoms with van der Waals surface area (Å²) < 4.78 is 0. The first-order chi connectivity index (χ1) is 18.0. The van der Waals surface area contributed by atoms with Crippen molar-refractivity contribution in [2.45, 2.75) is 11.9 Å². The van der Waals surface area contributed by atoms with Crippen molar-refractivity contribution in [2.75, 3.05) is 11.1 Å². The third-order valence-electron chi connectivity index (χ3n) is 6.01. The molecule has 37 heavy (non-hydrogen) atoms. The molecule has 1 aromatic heterocycles. The molecule has 180 valence electrons. The molecule has 0 aliphatic carbocycles. The van der Waals surface area contributed by atoms with E-state index >= 15 is 0 Å². The first-order valence-electron chi connectivity index (χ1n) is 11.7. The van der Waals surface area contributed by atoms with Gasteiger partial charge in [-0.15, -0.1) is 0 Å². The van der Waals surface area contributed by atoms with E-state index < -0.39 is 0 Å². The van der Waals surface area contributed by atoms with Crippen LogP contribution in [-0.4, -0.2) is 16.6 Å². The van der Waals surface area contributed by atoms with Crippen molar-refractivity contribution < 1.29 is 4.79 Å². The van der Waals surface area contributed by atoms with Gasteiger partial charge in [0.25, 0.3) is 0 Å². The molecule has 0 radical (unpaired) electrons. The number of nitriles is 1. The zero-order valence-corrected chi connectivity index (χ0v) is 21.6. The number of benzene rings is 4. The molecule has 0 aliphatic rings. The highest BCUT2D eigenvalue weighted by atomic mass is 35.5. The van der Waals surface area contributed by atoms with Crippen molar-refractivity contribution in [3.05, 3.63) is 113 Å². The van der Waals surface area contributed by atoms with Crippen LogP contribution in [0.5, 0.6) is 0 Å². The standard InChI is InChI=1S/C31H22ClN3OS/c1-20-13-15-22(16-14-20)29-17-25(24-10-4-5-11-27(24)32)26(18-33)31(35-29)37-19-30(36)34-28-12-6-8-21-7-2-3-9-23(21)28/h2-17H,19H2,1H3,(H,34,36). The maximum atomic E-state index is 13.0. The third-order valence-corrected chi connectivity index (χ3v) is 7.32. The Morgan fingerprint density at radius 3 is 2.46 bits per heavy atom. The molecule has 5 aromatic rings. The molecule has 5 rings (SSSR count). The molecule has 0 unspecified atom stereocenters. The van der Waals surface area contributed by atoms with Gasteiger partial charge in [0.2, 0.25) is 5.91 Å². The second-order valence-electron chi connectivity index (χ2n) is 8.56. The van der Waals surface area contributed by atoms with E-state index in [1.54, 1.807) is 6.07 Å². The van der Waals surface area contributed by atoms with E-state index in [1.165, 1.54) is 11.8 Å². The van der Waals surface area contributed by atoms with E-state index in [2.05, 4.69) is 11.4 Å². The molecule has 1 N–H and O–H groups in total. The van der Waals surface area contributed by atoms with Crippen LogP contribution in [0.4, 0.5) is 5.69 Å². The van der Waals surface area contributed by atoms with E-state index in [9.17, 15) is 10.1 Å². The number of aromatic nitrogens is 1. The maximum Gasteiger partial charge on any atom is 0.234 e. The van der Waals surface area contributed by atoms with Crippen molar-refractivity contribution in [3.8, 4) is 28.5 Å². The molecule has 0 fully saturated rings. The first kappa shape index (κ1) is 24.6. The average Bonchev–Trinajstić information content (AvgIpc) is 2.92. The monoisotopic (exact) mass is 519 g/mol. The zero-order valence-electron chi connectivity index (χ0n) is 20.0. The summed E-state index contributed by atoms with van der Waals surface area (Å²) in [5.74, 6) is -0.0726. The van der Waals surface area contributed by atoms with Crippen LogP contribution >= 0.6 is 23.4 Å². The van der Waals surface area contributed by atoms with Gasteiger partial charge in [-0.2, -0.15) is 5.26 Å². The van der Waals surface area contributed by atoms with Crippen LogP contribution in [0.15, 0.2) is 102 Å². The van der Waals surface area contributed by atoms with E-state index in [0.717, 1.165) is 33.2 Å². The summed E-state index contributed by atoms with van der Waals surface area (Å²) in [5, 5.41) is 16.2. The molecule has 0 bridgehead atoms. The number of carbonyl (C=O) groups excluding carboxylic acids is 1. The van der Waals surface area contributed by atoms with Crippen molar-refractivity contribution in [1.29, 1.82) is 5.26 Å². The number of rotatable bonds is 6. The second kappa shape index (κ2) is 10.9. The van der Waals surface area contributed by atoms with Gasteiger partial charge in [0.05, 0.1) is 17.0 Å². The van der Waals surface area contributed by atoms with Gasteiger partial charge in [0.1, 0.15) is 11.1 Å². The van der Waals surface area contributed by atoms with E-state index in [4.69, 9.17) is 16.6 Å². The molecule has 0 saturated heterocycles. The molecule has 0 atom stereocenters. The van der Waals surface area contributed by atoms with Gasteiger partial charge in [-0.05, 0) is 30.5 Å². The molecular weight excluding hydrogens is 498 g/mol. The minimum Gasteiger partial charge on any atom is -0.325 e. The van der Waals surface area contributed by atoms with Crippen molar-refractivity contribution in [1.82, 2.24) is 4.98 Å². The van der Waals surface area contributed by atoms with Crippen LogP contribution in [0.3, 0.4) is 0 Å². The number of hydrogen-bond acceptors (Lipinski definition) is 4. The Labute approximate surface area is 224 Å². The number of fused-ring (bicyclic) bond motifs is 1. The van der Waals surface area contributed by atoms with Gasteiger partial charge in [-0.3, -0.25) is 4.79 Å². The highest BCUT2D eigenvalue weighted by Gasteiger charge is 2.18. The molecule has 0 aliphatic heterocycles. The minimum absolute atomic E-state index is 0.101. The predicted octanol–water partition coefficient (Wildman–Crippen LogP) is 8.13. The van der Waals surface area contributed by atoms with Crippen molar-refractivity contribution in [2.24, 2.45) is 0 Å². The largest absolute Gasteiger partial charge is 0.325 e. The lowest BCUT2D eigenvalue weighted by Gasteiger charge is -2.14. The Balaban J connectivity index is 1.50. The molecule has 1 heterocycles. The normalized spacial score (nSPS) is 10.7. The van der Waals surface area contributed by atoms with Gasteiger partial charge in [0, 0.05) is 32.8 Å². The summed E-state index contributed by atoms with van der Waals surface area (Å²) in [6, 6.07) is 33.4. The number of nitrogens with one attached hydrogen (secondary N) is 1. The zero-order chi connectivity index (χ0) is 25.8. The summed E-state index contributed by atoms with van der Waals surface area (Å²) in [5.41, 5.74) is 5.36. The highest BCUT2D eigenvalue weighted by molar-refractivity contribution is 8.00. The average molecular weight is 520 g/mol. The van der Waals surface area contributed by atoms with Gasteiger partial charge in [-0.1, -0.05) is 108 Å². The number of aryl methyl sites for hydroxylation is 1. The third kappa shape index (κ3) is 5.36. The Bertz CT molecular complexity index is 1650. The van der Waals surface area contributed by atoms with Crippen LogP contribution in [-0.2, 0) is 4.79 Å². The summed E-state index contributed by atoms with van der Waals surface area (Å²) in [4.78, 5) is 17.8. The number of thioether (sulfide) groups is 1. The Kier molecular flexibility index (Phi) is 7.23. The van der Waals surface area contributed by atoms with Crippen LogP contribution in [0.1, 0.15) is 11.1 Å². The van der Waals surface area contributed by atoms with Gasteiger partial charge >= 0.3 is 0 Å². The molecule has 1 amide bonds. The fraction of sp³-hybridized carbons (Fsp3) is 0.0645. The topological polar surface area (TPSA) is 65.8 Å². The number of amides is 1. The van der Waals surface area contributed by atoms with Crippen LogP contribution in [0.25, 0.3) is 33.2 Å². The molecule has 6 heteroatoms. The number of nitrogens with zero attached hydrogens (tertiary/aromatic N) is 2. The fourth-order valence-electron chi connectivity index (χ4n) is 4.15. The van der Waals surface area contributed by atoms with Crippen LogP contribution < -0.4 is 5.32 Å². The summed E-state index contributed by atoms with van der Waals surface area (Å²) in [6.07, 6.45) is 0. The fourth-order valence-corrected chi connectivity index (χ4v) is 5.19. The van der Waals surface area contributed by atoms with E-state index in [-0.39, 0.29) is 11.7 Å². The Morgan fingerprint density at radius 2 is 1.68 bits per heavy atom. The summed E-state index contributed by atoms with van der Waals surface area (Å²) in [7, 11) is 0.